The largest absolute Gasteiger partial charge is 0.385 e. The SMILES string of the molecule is COCCCNC(=S)N(C)NC(=O)c1ccc(CS(C)(=O)=O)cc1. The molecule has 0 unspecified atom stereocenters. The highest BCUT2D eigenvalue weighted by Crippen LogP contribution is 2.08. The number of methoxy groups -OCH3 is 1. The number of nitrogens with one attached hydrogen (secondary N) is 2. The van der Waals surface area contributed by atoms with Gasteiger partial charge in [0.05, 0.1) is 5.75 Å². The van der Waals surface area contributed by atoms with Crippen LogP contribution in [0.4, 0.5) is 0 Å². The van der Waals surface area contributed by atoms with Gasteiger partial charge >= 0.3 is 0 Å². The van der Waals surface area contributed by atoms with Crippen LogP contribution in [0.1, 0.15) is 22.3 Å². The zero-order chi connectivity index (χ0) is 18.2. The molecule has 24 heavy (non-hydrogen) atoms. The summed E-state index contributed by atoms with van der Waals surface area (Å²) >= 11 is 5.17. The Labute approximate surface area is 148 Å². The number of thiocarbonyl (C=S) groups is 1. The Hall–Kier alpha value is -1.71. The lowest BCUT2D eigenvalue weighted by molar-refractivity contribution is 0.0886. The molecule has 0 aliphatic carbocycles. The lowest BCUT2D eigenvalue weighted by Crippen LogP contribution is -2.48. The van der Waals surface area contributed by atoms with E-state index in [1.54, 1.807) is 38.4 Å². The van der Waals surface area contributed by atoms with Crippen LogP contribution in [0.25, 0.3) is 0 Å². The molecular weight excluding hydrogens is 350 g/mol. The summed E-state index contributed by atoms with van der Waals surface area (Å²) in [6.45, 7) is 1.28. The maximum absolute atomic E-state index is 12.2. The summed E-state index contributed by atoms with van der Waals surface area (Å²) in [6.07, 6.45) is 1.98. The maximum Gasteiger partial charge on any atom is 0.269 e. The molecule has 0 aliphatic rings. The zero-order valence-corrected chi connectivity index (χ0v) is 15.7. The van der Waals surface area contributed by atoms with E-state index in [2.05, 4.69) is 10.7 Å². The van der Waals surface area contributed by atoms with E-state index in [1.165, 1.54) is 11.3 Å². The second-order valence-electron chi connectivity index (χ2n) is 5.35. The molecule has 0 spiro atoms. The lowest BCUT2D eigenvalue weighted by atomic mass is 10.1. The summed E-state index contributed by atoms with van der Waals surface area (Å²) in [7, 11) is 0.175. The van der Waals surface area contributed by atoms with Gasteiger partial charge in [-0.15, -0.1) is 0 Å². The first-order chi connectivity index (χ1) is 11.2. The normalized spacial score (nSPS) is 11.0. The van der Waals surface area contributed by atoms with Crippen LogP contribution in [0.3, 0.4) is 0 Å². The molecule has 134 valence electrons. The van der Waals surface area contributed by atoms with Gasteiger partial charge in [0.25, 0.3) is 5.91 Å². The van der Waals surface area contributed by atoms with Gasteiger partial charge in [-0.2, -0.15) is 0 Å². The predicted octanol–water partition coefficient (Wildman–Crippen LogP) is 0.719. The molecular formula is C15H23N3O4S2. The number of nitrogens with zero attached hydrogens (tertiary/aromatic N) is 1. The van der Waals surface area contributed by atoms with Crippen molar-refractivity contribution in [2.45, 2.75) is 12.2 Å². The van der Waals surface area contributed by atoms with Gasteiger partial charge in [-0.3, -0.25) is 15.2 Å². The highest BCUT2D eigenvalue weighted by atomic mass is 32.2. The molecule has 7 nitrogen and oxygen atoms in total. The number of amides is 1. The number of benzene rings is 1. The van der Waals surface area contributed by atoms with E-state index in [4.69, 9.17) is 17.0 Å². The summed E-state index contributed by atoms with van der Waals surface area (Å²) in [4.78, 5) is 12.2. The molecule has 0 radical (unpaired) electrons. The molecule has 0 saturated heterocycles. The van der Waals surface area contributed by atoms with Crippen molar-refractivity contribution in [3.05, 3.63) is 35.4 Å². The van der Waals surface area contributed by atoms with Crippen LogP contribution in [-0.2, 0) is 20.3 Å². The van der Waals surface area contributed by atoms with Crippen molar-refractivity contribution >= 4 is 33.1 Å². The molecule has 0 bridgehead atoms. The molecule has 1 aromatic rings. The fraction of sp³-hybridized carbons (Fsp3) is 0.467. The van der Waals surface area contributed by atoms with Crippen LogP contribution in [0.5, 0.6) is 0 Å². The van der Waals surface area contributed by atoms with E-state index in [-0.39, 0.29) is 11.7 Å². The monoisotopic (exact) mass is 373 g/mol. The number of hydrogen-bond donors (Lipinski definition) is 2. The average molecular weight is 374 g/mol. The van der Waals surface area contributed by atoms with Crippen molar-refractivity contribution in [2.75, 3.05) is 33.6 Å². The van der Waals surface area contributed by atoms with E-state index in [9.17, 15) is 13.2 Å². The standard InChI is InChI=1S/C15H23N3O4S2/c1-18(15(23)16-9-4-10-22-2)17-14(19)13-7-5-12(6-8-13)11-24(3,20)21/h5-8H,4,9-11H2,1-3H3,(H,16,23)(H,17,19). The second-order valence-corrected chi connectivity index (χ2v) is 7.87. The smallest absolute Gasteiger partial charge is 0.269 e. The highest BCUT2D eigenvalue weighted by Gasteiger charge is 2.11. The lowest BCUT2D eigenvalue weighted by Gasteiger charge is -2.21. The van der Waals surface area contributed by atoms with Gasteiger partial charge in [-0.25, -0.2) is 8.42 Å². The predicted molar refractivity (Wildman–Crippen MR) is 97.3 cm³/mol. The molecule has 1 amide bonds. The summed E-state index contributed by atoms with van der Waals surface area (Å²) in [6, 6.07) is 6.41. The van der Waals surface area contributed by atoms with Gasteiger partial charge < -0.3 is 10.1 Å². The van der Waals surface area contributed by atoms with Crippen LogP contribution < -0.4 is 10.7 Å². The number of rotatable bonds is 7. The molecule has 9 heteroatoms. The van der Waals surface area contributed by atoms with Crippen LogP contribution in [0.15, 0.2) is 24.3 Å². The van der Waals surface area contributed by atoms with Gasteiger partial charge in [0.1, 0.15) is 0 Å². The molecule has 1 aromatic carbocycles. The highest BCUT2D eigenvalue weighted by molar-refractivity contribution is 7.89. The summed E-state index contributed by atoms with van der Waals surface area (Å²) < 4.78 is 27.4. The minimum absolute atomic E-state index is 0.0513. The van der Waals surface area contributed by atoms with Crippen molar-refractivity contribution in [1.29, 1.82) is 0 Å². The second kappa shape index (κ2) is 9.55. The zero-order valence-electron chi connectivity index (χ0n) is 14.0. The molecule has 0 saturated carbocycles. The molecule has 0 heterocycles. The van der Waals surface area contributed by atoms with Gasteiger partial charge in [0.2, 0.25) is 0 Å². The van der Waals surface area contributed by atoms with E-state index < -0.39 is 9.84 Å². The van der Waals surface area contributed by atoms with Gasteiger partial charge in [-0.1, -0.05) is 12.1 Å². The third-order valence-corrected chi connectivity index (χ3v) is 4.30. The van der Waals surface area contributed by atoms with Gasteiger partial charge in [0, 0.05) is 39.1 Å². The topological polar surface area (TPSA) is 87.7 Å². The molecule has 2 N–H and O–H groups in total. The fourth-order valence-electron chi connectivity index (χ4n) is 1.85. The Morgan fingerprint density at radius 3 is 2.46 bits per heavy atom. The van der Waals surface area contributed by atoms with E-state index in [1.807, 2.05) is 0 Å². The third-order valence-electron chi connectivity index (χ3n) is 3.02. The molecule has 0 fully saturated rings. The minimum atomic E-state index is -3.10. The first-order valence-electron chi connectivity index (χ1n) is 7.31. The molecule has 0 aromatic heterocycles. The van der Waals surface area contributed by atoms with Crippen molar-refractivity contribution in [1.82, 2.24) is 15.8 Å². The van der Waals surface area contributed by atoms with Crippen molar-refractivity contribution in [2.24, 2.45) is 0 Å². The number of ether oxygens (including phenoxy) is 1. The molecule has 1 rings (SSSR count). The number of hydrogen-bond acceptors (Lipinski definition) is 5. The van der Waals surface area contributed by atoms with Gasteiger partial charge in [0.15, 0.2) is 14.9 Å². The van der Waals surface area contributed by atoms with Crippen LogP contribution in [0.2, 0.25) is 0 Å². The summed E-state index contributed by atoms with van der Waals surface area (Å²) in [5.41, 5.74) is 3.70. The van der Waals surface area contributed by atoms with Crippen LogP contribution >= 0.6 is 12.2 Å². The fourth-order valence-corrected chi connectivity index (χ4v) is 2.80. The quantitative estimate of drug-likeness (QED) is 0.414. The van der Waals surface area contributed by atoms with Crippen molar-refractivity contribution in [3.63, 3.8) is 0 Å². The number of hydrazine groups is 1. The van der Waals surface area contributed by atoms with E-state index >= 15 is 0 Å². The van der Waals surface area contributed by atoms with Gasteiger partial charge in [-0.05, 0) is 36.3 Å². The van der Waals surface area contributed by atoms with Crippen LogP contribution in [0, 0.1) is 0 Å². The van der Waals surface area contributed by atoms with E-state index in [0.717, 1.165) is 6.42 Å². The Bertz CT molecular complexity index is 660. The molecule has 0 atom stereocenters. The first kappa shape index (κ1) is 20.3. The maximum atomic E-state index is 12.2. The van der Waals surface area contributed by atoms with Crippen LogP contribution in [-0.4, -0.2) is 58.0 Å². The Morgan fingerprint density at radius 2 is 1.92 bits per heavy atom. The van der Waals surface area contributed by atoms with Crippen molar-refractivity contribution < 1.29 is 17.9 Å². The summed E-state index contributed by atoms with van der Waals surface area (Å²) in [5.74, 6) is -0.381. The molecule has 0 aliphatic heterocycles. The Kier molecular flexibility index (Phi) is 8.09. The first-order valence-corrected chi connectivity index (χ1v) is 9.78. The number of carbonyl (C=O) groups excluding carboxylic acids is 1. The van der Waals surface area contributed by atoms with Crippen molar-refractivity contribution in [3.8, 4) is 0 Å². The minimum Gasteiger partial charge on any atom is -0.385 e. The number of carbonyl (C=O) groups is 1. The Morgan fingerprint density at radius 1 is 1.29 bits per heavy atom. The third kappa shape index (κ3) is 7.71. The number of sulfone groups is 1. The Balaban J connectivity index is 2.53. The summed E-state index contributed by atoms with van der Waals surface area (Å²) in [5, 5.41) is 4.83. The average Bonchev–Trinajstić information content (AvgIpc) is 2.50. The van der Waals surface area contributed by atoms with E-state index in [0.29, 0.717) is 29.4 Å².